The maximum Gasteiger partial charge on any atom is 0.320 e. The fourth-order valence-corrected chi connectivity index (χ4v) is 4.54. The highest BCUT2D eigenvalue weighted by atomic mass is 16.2. The summed E-state index contributed by atoms with van der Waals surface area (Å²) in [6, 6.07) is 2.88. The Morgan fingerprint density at radius 2 is 0.974 bits per heavy atom. The molecule has 0 unspecified atom stereocenters. The van der Waals surface area contributed by atoms with Gasteiger partial charge in [-0.15, -0.1) is 0 Å². The third-order valence-corrected chi connectivity index (χ3v) is 6.89. The summed E-state index contributed by atoms with van der Waals surface area (Å²) in [6.45, 7) is 5.82. The van der Waals surface area contributed by atoms with Gasteiger partial charge in [-0.25, -0.2) is 14.6 Å². The molecule has 7 nitrogen and oxygen atoms in total. The number of hydrogen-bond acceptors (Lipinski definition) is 3. The third-order valence-electron chi connectivity index (χ3n) is 6.89. The fourth-order valence-electron chi connectivity index (χ4n) is 4.54. The van der Waals surface area contributed by atoms with E-state index >= 15 is 0 Å². The van der Waals surface area contributed by atoms with Crippen LogP contribution in [0.1, 0.15) is 142 Å². The van der Waals surface area contributed by atoms with Crippen molar-refractivity contribution >= 4 is 23.6 Å². The van der Waals surface area contributed by atoms with Crippen LogP contribution in [0.4, 0.5) is 21.1 Å². The number of carbonyl (C=O) groups is 2. The minimum Gasteiger partial charge on any atom is -0.338 e. The lowest BCUT2D eigenvalue weighted by Crippen LogP contribution is -2.30. The smallest absolute Gasteiger partial charge is 0.320 e. The fraction of sp³-hybridized carbons (Fsp3) is 0.774. The zero-order valence-corrected chi connectivity index (χ0v) is 24.6. The van der Waals surface area contributed by atoms with Crippen molar-refractivity contribution in [2.75, 3.05) is 23.7 Å². The second-order valence-electron chi connectivity index (χ2n) is 10.6. The first-order valence-corrected chi connectivity index (χ1v) is 15.7. The molecule has 0 aliphatic rings. The molecule has 4 N–H and O–H groups in total. The maximum absolute atomic E-state index is 12.2. The topological polar surface area (TPSA) is 95.2 Å². The van der Waals surface area contributed by atoms with E-state index in [1.165, 1.54) is 103 Å². The Kier molecular flexibility index (Phi) is 22.2. The molecule has 0 saturated heterocycles. The molecule has 38 heavy (non-hydrogen) atoms. The van der Waals surface area contributed by atoms with E-state index < -0.39 is 0 Å². The predicted molar refractivity (Wildman–Crippen MR) is 162 cm³/mol. The van der Waals surface area contributed by atoms with E-state index in [1.54, 1.807) is 18.3 Å². The monoisotopic (exact) mass is 531 g/mol. The normalized spacial score (nSPS) is 10.8. The Bertz CT molecular complexity index is 658. The first-order chi connectivity index (χ1) is 18.7. The molecule has 4 amide bonds. The van der Waals surface area contributed by atoms with Gasteiger partial charge in [-0.2, -0.15) is 0 Å². The molecular formula is C31H57N5O2. The molecule has 0 aromatic carbocycles. The summed E-state index contributed by atoms with van der Waals surface area (Å²) >= 11 is 0. The molecule has 1 rings (SSSR count). The van der Waals surface area contributed by atoms with Crippen LogP contribution in [-0.2, 0) is 0 Å². The standard InChI is InChI=1S/C31H57N5O2/c1-3-5-7-9-11-13-15-17-19-21-24-33-30(37)35-28-23-26-32-29(27-28)36-31(38)34-25-22-20-18-16-14-12-10-8-6-4-2/h23,26-27H,3-22,24-25H2,1-2H3,(H4,32,33,34,35,36,37,38). The lowest BCUT2D eigenvalue weighted by molar-refractivity contribution is 0.251. The molecule has 218 valence electrons. The third kappa shape index (κ3) is 20.7. The summed E-state index contributed by atoms with van der Waals surface area (Å²) in [5, 5.41) is 11.4. The summed E-state index contributed by atoms with van der Waals surface area (Å²) in [5.74, 6) is 0.415. The first-order valence-electron chi connectivity index (χ1n) is 15.7. The Morgan fingerprint density at radius 1 is 0.579 bits per heavy atom. The van der Waals surface area contributed by atoms with Crippen LogP contribution in [0.25, 0.3) is 0 Å². The zero-order valence-electron chi connectivity index (χ0n) is 24.6. The van der Waals surface area contributed by atoms with Crippen molar-refractivity contribution in [1.82, 2.24) is 15.6 Å². The van der Waals surface area contributed by atoms with E-state index in [1.807, 2.05) is 0 Å². The minimum atomic E-state index is -0.268. The van der Waals surface area contributed by atoms with Crippen LogP contribution in [-0.4, -0.2) is 30.1 Å². The maximum atomic E-state index is 12.2. The van der Waals surface area contributed by atoms with Gasteiger partial charge in [0.15, 0.2) is 0 Å². The molecule has 0 aliphatic heterocycles. The van der Waals surface area contributed by atoms with Gasteiger partial charge < -0.3 is 16.0 Å². The number of amides is 4. The quantitative estimate of drug-likeness (QED) is 0.100. The Labute approximate surface area is 233 Å². The van der Waals surface area contributed by atoms with Gasteiger partial charge in [0.05, 0.1) is 0 Å². The lowest BCUT2D eigenvalue weighted by Gasteiger charge is -2.10. The van der Waals surface area contributed by atoms with Crippen LogP contribution in [0.3, 0.4) is 0 Å². The predicted octanol–water partition coefficient (Wildman–Crippen LogP) is 9.17. The van der Waals surface area contributed by atoms with Crippen LogP contribution in [0.15, 0.2) is 18.3 Å². The summed E-state index contributed by atoms with van der Waals surface area (Å²) in [6.07, 6.45) is 27.0. The van der Waals surface area contributed by atoms with Gasteiger partial charge in [-0.05, 0) is 18.9 Å². The van der Waals surface area contributed by atoms with Gasteiger partial charge in [-0.3, -0.25) is 5.32 Å². The van der Waals surface area contributed by atoms with E-state index in [2.05, 4.69) is 40.1 Å². The van der Waals surface area contributed by atoms with Crippen molar-refractivity contribution in [2.45, 2.75) is 142 Å². The SMILES string of the molecule is CCCCCCCCCCCCNC(=O)Nc1ccnc(NC(=O)NCCCCCCCCCCCC)c1. The van der Waals surface area contributed by atoms with Crippen LogP contribution >= 0.6 is 0 Å². The van der Waals surface area contributed by atoms with E-state index in [9.17, 15) is 9.59 Å². The van der Waals surface area contributed by atoms with Crippen LogP contribution in [0.2, 0.25) is 0 Å². The average molecular weight is 532 g/mol. The molecule has 1 heterocycles. The summed E-state index contributed by atoms with van der Waals surface area (Å²) in [4.78, 5) is 28.5. The van der Waals surface area contributed by atoms with Gasteiger partial charge >= 0.3 is 12.1 Å². The lowest BCUT2D eigenvalue weighted by atomic mass is 10.1. The van der Waals surface area contributed by atoms with Crippen LogP contribution < -0.4 is 21.3 Å². The highest BCUT2D eigenvalue weighted by Gasteiger charge is 2.06. The number of aromatic nitrogens is 1. The van der Waals surface area contributed by atoms with Gasteiger partial charge in [0.2, 0.25) is 0 Å². The van der Waals surface area contributed by atoms with Crippen molar-refractivity contribution in [3.8, 4) is 0 Å². The Hall–Kier alpha value is -2.31. The van der Waals surface area contributed by atoms with Gasteiger partial charge in [0, 0.05) is 31.0 Å². The summed E-state index contributed by atoms with van der Waals surface area (Å²) < 4.78 is 0. The summed E-state index contributed by atoms with van der Waals surface area (Å²) in [7, 11) is 0. The van der Waals surface area contributed by atoms with Crippen molar-refractivity contribution in [3.63, 3.8) is 0 Å². The molecular weight excluding hydrogens is 474 g/mol. The van der Waals surface area contributed by atoms with Crippen LogP contribution in [0, 0.1) is 0 Å². The molecule has 0 bridgehead atoms. The molecule has 0 fully saturated rings. The number of hydrogen-bond donors (Lipinski definition) is 4. The number of carbonyl (C=O) groups excluding carboxylic acids is 2. The second-order valence-corrected chi connectivity index (χ2v) is 10.6. The van der Waals surface area contributed by atoms with Gasteiger partial charge in [-0.1, -0.05) is 129 Å². The number of anilines is 2. The molecule has 1 aromatic heterocycles. The Morgan fingerprint density at radius 3 is 1.42 bits per heavy atom. The minimum absolute atomic E-state index is 0.233. The van der Waals surface area contributed by atoms with E-state index in [-0.39, 0.29) is 12.1 Å². The molecule has 1 aromatic rings. The van der Waals surface area contributed by atoms with Gasteiger partial charge in [0.1, 0.15) is 5.82 Å². The number of unbranched alkanes of at least 4 members (excludes halogenated alkanes) is 18. The van der Waals surface area contributed by atoms with Gasteiger partial charge in [0.25, 0.3) is 0 Å². The largest absolute Gasteiger partial charge is 0.338 e. The number of urea groups is 2. The van der Waals surface area contributed by atoms with Crippen molar-refractivity contribution in [1.29, 1.82) is 0 Å². The van der Waals surface area contributed by atoms with E-state index in [0.717, 1.165) is 25.7 Å². The first kappa shape index (κ1) is 33.7. The molecule has 0 atom stereocenters. The average Bonchev–Trinajstić information content (AvgIpc) is 2.90. The molecule has 0 spiro atoms. The highest BCUT2D eigenvalue weighted by Crippen LogP contribution is 2.13. The highest BCUT2D eigenvalue weighted by molar-refractivity contribution is 5.91. The number of nitrogens with one attached hydrogen (secondary N) is 4. The second kappa shape index (κ2) is 25.0. The Balaban J connectivity index is 2.05. The van der Waals surface area contributed by atoms with E-state index in [0.29, 0.717) is 24.6 Å². The number of rotatable bonds is 24. The molecule has 0 aliphatic carbocycles. The molecule has 0 radical (unpaired) electrons. The molecule has 7 heteroatoms. The number of nitrogens with zero attached hydrogens (tertiary/aromatic N) is 1. The van der Waals surface area contributed by atoms with Crippen molar-refractivity contribution < 1.29 is 9.59 Å². The number of pyridine rings is 1. The summed E-state index contributed by atoms with van der Waals surface area (Å²) in [5.41, 5.74) is 0.602. The van der Waals surface area contributed by atoms with Crippen LogP contribution in [0.5, 0.6) is 0 Å². The zero-order chi connectivity index (χ0) is 27.5. The molecule has 0 saturated carbocycles. The van der Waals surface area contributed by atoms with Crippen molar-refractivity contribution in [3.05, 3.63) is 18.3 Å². The van der Waals surface area contributed by atoms with Crippen molar-refractivity contribution in [2.24, 2.45) is 0 Å². The van der Waals surface area contributed by atoms with E-state index in [4.69, 9.17) is 0 Å².